The van der Waals surface area contributed by atoms with Crippen molar-refractivity contribution in [3.8, 4) is 5.75 Å². The molecule has 140 valence electrons. The largest absolute Gasteiger partial charge is 0.495 e. The molecule has 0 unspecified atom stereocenters. The van der Waals surface area contributed by atoms with Crippen molar-refractivity contribution < 1.29 is 19.1 Å². The zero-order valence-corrected chi connectivity index (χ0v) is 15.5. The number of carbonyl (C=O) groups is 3. The lowest BCUT2D eigenvalue weighted by Gasteiger charge is -2.22. The van der Waals surface area contributed by atoms with Gasteiger partial charge >= 0.3 is 6.03 Å². The number of carbonyl (C=O) groups excluding carboxylic acids is 3. The molecular weight excluding hydrogens is 370 g/mol. The van der Waals surface area contributed by atoms with E-state index in [1.54, 1.807) is 55.5 Å². The highest BCUT2D eigenvalue weighted by Crippen LogP contribution is 2.30. The minimum absolute atomic E-state index is 0.411. The Hall–Kier alpha value is -3.06. The number of imide groups is 1. The summed E-state index contributed by atoms with van der Waals surface area (Å²) < 4.78 is 5.17. The van der Waals surface area contributed by atoms with Gasteiger partial charge < -0.3 is 15.4 Å². The molecule has 1 heterocycles. The van der Waals surface area contributed by atoms with Gasteiger partial charge in [-0.1, -0.05) is 35.9 Å². The first-order chi connectivity index (χ1) is 12.8. The maximum absolute atomic E-state index is 12.8. The van der Waals surface area contributed by atoms with Crippen molar-refractivity contribution in [1.82, 2.24) is 10.2 Å². The Morgan fingerprint density at radius 2 is 1.85 bits per heavy atom. The van der Waals surface area contributed by atoms with Crippen molar-refractivity contribution in [2.45, 2.75) is 12.5 Å². The van der Waals surface area contributed by atoms with Gasteiger partial charge in [0.25, 0.3) is 5.91 Å². The first-order valence-corrected chi connectivity index (χ1v) is 8.56. The summed E-state index contributed by atoms with van der Waals surface area (Å²) in [5.41, 5.74) is -0.220. The van der Waals surface area contributed by atoms with Crippen molar-refractivity contribution in [2.24, 2.45) is 0 Å². The number of hydrogen-bond acceptors (Lipinski definition) is 4. The van der Waals surface area contributed by atoms with Gasteiger partial charge in [-0.15, -0.1) is 0 Å². The molecule has 1 saturated heterocycles. The van der Waals surface area contributed by atoms with E-state index < -0.39 is 29.9 Å². The monoisotopic (exact) mass is 387 g/mol. The minimum atomic E-state index is -1.26. The SMILES string of the molecule is COc1ccccc1NC(=O)CN1C(=O)N[C@@](C)(c2ccc(Cl)cc2)C1=O. The standard InChI is InChI=1S/C19H18ClN3O4/c1-19(12-7-9-13(20)10-8-12)17(25)23(18(26)22-19)11-16(24)21-14-5-3-4-6-15(14)27-2/h3-10H,11H2,1-2H3,(H,21,24)(H,22,26)/t19-/m0/s1. The van der Waals surface area contributed by atoms with Crippen LogP contribution in [0.1, 0.15) is 12.5 Å². The van der Waals surface area contributed by atoms with Gasteiger partial charge in [0.1, 0.15) is 17.8 Å². The number of urea groups is 1. The second-order valence-electron chi connectivity index (χ2n) is 6.20. The molecule has 0 bridgehead atoms. The van der Waals surface area contributed by atoms with Crippen molar-refractivity contribution >= 4 is 35.1 Å². The van der Waals surface area contributed by atoms with Gasteiger partial charge in [-0.2, -0.15) is 0 Å². The maximum Gasteiger partial charge on any atom is 0.325 e. The summed E-state index contributed by atoms with van der Waals surface area (Å²) in [6, 6.07) is 12.8. The van der Waals surface area contributed by atoms with Crippen LogP contribution in [0.25, 0.3) is 0 Å². The van der Waals surface area contributed by atoms with Crippen LogP contribution >= 0.6 is 11.6 Å². The quantitative estimate of drug-likeness (QED) is 0.772. The zero-order chi connectivity index (χ0) is 19.6. The minimum Gasteiger partial charge on any atom is -0.495 e. The molecule has 7 nitrogen and oxygen atoms in total. The number of nitrogens with one attached hydrogen (secondary N) is 2. The van der Waals surface area contributed by atoms with E-state index in [4.69, 9.17) is 16.3 Å². The van der Waals surface area contributed by atoms with Crippen LogP contribution in [-0.2, 0) is 15.1 Å². The van der Waals surface area contributed by atoms with Crippen LogP contribution in [0.5, 0.6) is 5.75 Å². The third-order valence-electron chi connectivity index (χ3n) is 4.38. The molecule has 1 fully saturated rings. The maximum atomic E-state index is 12.8. The number of rotatable bonds is 5. The Morgan fingerprint density at radius 3 is 2.52 bits per heavy atom. The van der Waals surface area contributed by atoms with Crippen molar-refractivity contribution in [3.63, 3.8) is 0 Å². The van der Waals surface area contributed by atoms with Gasteiger partial charge in [0.05, 0.1) is 12.8 Å². The van der Waals surface area contributed by atoms with Gasteiger partial charge in [0, 0.05) is 5.02 Å². The summed E-state index contributed by atoms with van der Waals surface area (Å²) in [5, 5.41) is 5.82. The third-order valence-corrected chi connectivity index (χ3v) is 4.63. The van der Waals surface area contributed by atoms with Crippen LogP contribution in [0.15, 0.2) is 48.5 Å². The van der Waals surface area contributed by atoms with E-state index in [2.05, 4.69) is 10.6 Å². The van der Waals surface area contributed by atoms with Gasteiger partial charge in [-0.25, -0.2) is 4.79 Å². The molecule has 0 aliphatic carbocycles. The lowest BCUT2D eigenvalue weighted by Crippen LogP contribution is -2.42. The van der Waals surface area contributed by atoms with E-state index in [9.17, 15) is 14.4 Å². The fraction of sp³-hybridized carbons (Fsp3) is 0.211. The lowest BCUT2D eigenvalue weighted by atomic mass is 9.92. The van der Waals surface area contributed by atoms with E-state index >= 15 is 0 Å². The normalized spacial score (nSPS) is 19.0. The zero-order valence-electron chi connectivity index (χ0n) is 14.8. The number of methoxy groups -OCH3 is 1. The number of nitrogens with zero attached hydrogens (tertiary/aromatic N) is 1. The second-order valence-corrected chi connectivity index (χ2v) is 6.64. The molecule has 2 N–H and O–H groups in total. The molecule has 0 saturated carbocycles. The van der Waals surface area contributed by atoms with Gasteiger partial charge in [0.2, 0.25) is 5.91 Å². The molecule has 1 aliphatic rings. The predicted octanol–water partition coefficient (Wildman–Crippen LogP) is 2.75. The fourth-order valence-corrected chi connectivity index (χ4v) is 3.03. The first kappa shape index (κ1) is 18.7. The Balaban J connectivity index is 1.75. The summed E-state index contributed by atoms with van der Waals surface area (Å²) in [7, 11) is 1.49. The smallest absolute Gasteiger partial charge is 0.325 e. The number of benzene rings is 2. The third kappa shape index (κ3) is 3.59. The Bertz CT molecular complexity index is 900. The highest BCUT2D eigenvalue weighted by Gasteiger charge is 2.49. The van der Waals surface area contributed by atoms with E-state index in [0.717, 1.165) is 4.90 Å². The molecular formula is C19H18ClN3O4. The van der Waals surface area contributed by atoms with Crippen LogP contribution in [0.3, 0.4) is 0 Å². The van der Waals surface area contributed by atoms with Crippen molar-refractivity contribution in [2.75, 3.05) is 19.0 Å². The summed E-state index contributed by atoms with van der Waals surface area (Å²) in [4.78, 5) is 38.4. The molecule has 27 heavy (non-hydrogen) atoms. The summed E-state index contributed by atoms with van der Waals surface area (Å²) in [5.74, 6) is -0.539. The van der Waals surface area contributed by atoms with E-state index in [0.29, 0.717) is 22.0 Å². The van der Waals surface area contributed by atoms with Crippen molar-refractivity contribution in [3.05, 3.63) is 59.1 Å². The van der Waals surface area contributed by atoms with Crippen LogP contribution in [-0.4, -0.2) is 36.4 Å². The van der Waals surface area contributed by atoms with Gasteiger partial charge in [-0.05, 0) is 36.8 Å². The van der Waals surface area contributed by atoms with E-state index in [1.165, 1.54) is 7.11 Å². The molecule has 2 aromatic carbocycles. The highest BCUT2D eigenvalue weighted by atomic mass is 35.5. The molecule has 0 radical (unpaired) electrons. The van der Waals surface area contributed by atoms with Gasteiger partial charge in [0.15, 0.2) is 0 Å². The number of hydrogen-bond donors (Lipinski definition) is 2. The van der Waals surface area contributed by atoms with Crippen LogP contribution in [0, 0.1) is 0 Å². The molecule has 3 rings (SSSR count). The number of halogens is 1. The van der Waals surface area contributed by atoms with E-state index in [-0.39, 0.29) is 0 Å². The summed E-state index contributed by atoms with van der Waals surface area (Å²) in [6.45, 7) is 1.18. The Labute approximate surface area is 161 Å². The molecule has 1 aliphatic heterocycles. The highest BCUT2D eigenvalue weighted by molar-refractivity contribution is 6.30. The number of anilines is 1. The predicted molar refractivity (Wildman–Crippen MR) is 101 cm³/mol. The second kappa shape index (κ2) is 7.28. The topological polar surface area (TPSA) is 87.7 Å². The van der Waals surface area contributed by atoms with Crippen molar-refractivity contribution in [1.29, 1.82) is 0 Å². The number of ether oxygens (including phenoxy) is 1. The summed E-state index contributed by atoms with van der Waals surface area (Å²) >= 11 is 5.88. The fourth-order valence-electron chi connectivity index (χ4n) is 2.90. The number of para-hydroxylation sites is 2. The van der Waals surface area contributed by atoms with Gasteiger partial charge in [-0.3, -0.25) is 14.5 Å². The van der Waals surface area contributed by atoms with Crippen LogP contribution in [0.2, 0.25) is 5.02 Å². The van der Waals surface area contributed by atoms with Crippen LogP contribution in [0.4, 0.5) is 10.5 Å². The molecule has 4 amide bonds. The molecule has 2 aromatic rings. The molecule has 1 atom stereocenters. The number of amides is 4. The average Bonchev–Trinajstić information content (AvgIpc) is 2.86. The Morgan fingerprint density at radius 1 is 1.19 bits per heavy atom. The first-order valence-electron chi connectivity index (χ1n) is 8.18. The summed E-state index contributed by atoms with van der Waals surface area (Å²) in [6.07, 6.45) is 0. The molecule has 0 spiro atoms. The van der Waals surface area contributed by atoms with E-state index in [1.807, 2.05) is 0 Å². The van der Waals surface area contributed by atoms with Crippen LogP contribution < -0.4 is 15.4 Å². The molecule has 0 aromatic heterocycles. The molecule has 8 heteroatoms. The average molecular weight is 388 g/mol. The Kier molecular flexibility index (Phi) is 5.05. The lowest BCUT2D eigenvalue weighted by molar-refractivity contribution is -0.133.